The minimum Gasteiger partial charge on any atom is -0.444 e. The van der Waals surface area contributed by atoms with Crippen LogP contribution in [0.15, 0.2) is 34.9 Å². The average molecular weight is 360 g/mol. The fourth-order valence-electron chi connectivity index (χ4n) is 4.17. The van der Waals surface area contributed by atoms with Gasteiger partial charge >= 0.3 is 0 Å². The van der Waals surface area contributed by atoms with Crippen molar-refractivity contribution in [1.82, 2.24) is 15.2 Å². The summed E-state index contributed by atoms with van der Waals surface area (Å²) in [6, 6.07) is 8.02. The van der Waals surface area contributed by atoms with Gasteiger partial charge in [0.25, 0.3) is 0 Å². The fourth-order valence-corrected chi connectivity index (χ4v) is 4.29. The third kappa shape index (κ3) is 3.58. The molecule has 3 aliphatic rings. The van der Waals surface area contributed by atoms with Crippen molar-refractivity contribution in [2.45, 2.75) is 37.8 Å². The Morgan fingerprint density at radius 2 is 2.16 bits per heavy atom. The van der Waals surface area contributed by atoms with Gasteiger partial charge in [-0.2, -0.15) is 0 Å². The first-order valence-corrected chi connectivity index (χ1v) is 9.16. The Bertz CT molecular complexity index is 758. The van der Waals surface area contributed by atoms with E-state index >= 15 is 0 Å². The molecule has 1 aromatic carbocycles. The number of nitrogens with one attached hydrogen (secondary N) is 1. The Morgan fingerprint density at radius 1 is 1.36 bits per heavy atom. The Balaban J connectivity index is 1.38. The molecule has 2 aliphatic heterocycles. The molecule has 6 heteroatoms. The zero-order valence-corrected chi connectivity index (χ0v) is 15.0. The lowest BCUT2D eigenvalue weighted by Gasteiger charge is -2.48. The third-order valence-electron chi connectivity index (χ3n) is 5.37. The van der Waals surface area contributed by atoms with E-state index in [1.54, 1.807) is 18.4 Å². The quantitative estimate of drug-likeness (QED) is 0.911. The van der Waals surface area contributed by atoms with Gasteiger partial charge in [0.1, 0.15) is 6.26 Å². The summed E-state index contributed by atoms with van der Waals surface area (Å²) in [5.41, 5.74) is 1.50. The number of halogens is 1. The number of nitrogens with zero attached hydrogens (tertiary/aromatic N) is 2. The molecule has 1 N–H and O–H groups in total. The Morgan fingerprint density at radius 3 is 2.88 bits per heavy atom. The first-order chi connectivity index (χ1) is 12.1. The van der Waals surface area contributed by atoms with Gasteiger partial charge in [-0.1, -0.05) is 11.6 Å². The van der Waals surface area contributed by atoms with Gasteiger partial charge in [-0.25, -0.2) is 4.98 Å². The topological polar surface area (TPSA) is 58.4 Å². The van der Waals surface area contributed by atoms with Crippen LogP contribution in [0.4, 0.5) is 0 Å². The fraction of sp³-hybridized carbons (Fsp3) is 0.474. The second-order valence-electron chi connectivity index (χ2n) is 7.19. The Labute approximate surface area is 152 Å². The summed E-state index contributed by atoms with van der Waals surface area (Å²) in [6.45, 7) is 1.16. The van der Waals surface area contributed by atoms with Crippen molar-refractivity contribution in [1.29, 1.82) is 0 Å². The smallest absolute Gasteiger partial charge is 0.226 e. The molecule has 1 aromatic heterocycles. The molecule has 3 atom stereocenters. The number of fused-ring (bicyclic) bond motifs is 3. The van der Waals surface area contributed by atoms with Crippen LogP contribution in [0.5, 0.6) is 0 Å². The Kier molecular flexibility index (Phi) is 4.52. The van der Waals surface area contributed by atoms with Crippen molar-refractivity contribution in [3.05, 3.63) is 41.2 Å². The lowest BCUT2D eigenvalue weighted by Crippen LogP contribution is -2.59. The van der Waals surface area contributed by atoms with Crippen LogP contribution in [-0.2, 0) is 11.2 Å². The highest BCUT2D eigenvalue weighted by molar-refractivity contribution is 6.30. The molecule has 25 heavy (non-hydrogen) atoms. The van der Waals surface area contributed by atoms with Gasteiger partial charge in [0, 0.05) is 29.2 Å². The number of carbonyl (C=O) groups excluding carboxylic acids is 1. The molecule has 5 rings (SSSR count). The largest absolute Gasteiger partial charge is 0.444 e. The van der Waals surface area contributed by atoms with E-state index in [0.29, 0.717) is 28.6 Å². The number of likely N-dealkylation sites (N-methyl/N-ethyl adjacent to an activating group) is 1. The van der Waals surface area contributed by atoms with Crippen molar-refractivity contribution in [3.63, 3.8) is 0 Å². The van der Waals surface area contributed by atoms with Crippen molar-refractivity contribution in [2.75, 3.05) is 13.6 Å². The minimum absolute atomic E-state index is 0.0157. The molecule has 2 bridgehead atoms. The molecule has 1 saturated carbocycles. The van der Waals surface area contributed by atoms with Crippen LogP contribution in [0.2, 0.25) is 5.02 Å². The summed E-state index contributed by atoms with van der Waals surface area (Å²) in [5.74, 6) is 1.24. The van der Waals surface area contributed by atoms with Gasteiger partial charge in [-0.15, -0.1) is 0 Å². The summed E-state index contributed by atoms with van der Waals surface area (Å²) in [5, 5.41) is 3.87. The number of oxazole rings is 1. The highest BCUT2D eigenvalue weighted by atomic mass is 35.5. The van der Waals surface area contributed by atoms with E-state index in [2.05, 4.69) is 22.2 Å². The lowest BCUT2D eigenvalue weighted by atomic mass is 9.77. The molecule has 0 spiro atoms. The predicted octanol–water partition coefficient (Wildman–Crippen LogP) is 3.14. The SMILES string of the molecule is CN1CC2CCC1C(NC(=O)Cc1coc(-c3ccc(Cl)cc3)n1)C2. The molecule has 3 unspecified atom stereocenters. The molecule has 2 saturated heterocycles. The first kappa shape index (κ1) is 16.6. The standard InChI is InChI=1S/C19H22ClN3O2/c1-23-10-12-2-7-17(23)16(8-12)22-18(24)9-15-11-25-19(21-15)13-3-5-14(20)6-4-13/h3-6,11-12,16-17H,2,7-10H2,1H3,(H,22,24). The maximum absolute atomic E-state index is 12.4. The molecule has 3 fully saturated rings. The van der Waals surface area contributed by atoms with Crippen LogP contribution in [0, 0.1) is 5.92 Å². The number of amides is 1. The Hall–Kier alpha value is -1.85. The van der Waals surface area contributed by atoms with Gasteiger partial charge in [0.15, 0.2) is 0 Å². The number of rotatable bonds is 4. The normalized spacial score (nSPS) is 25.9. The first-order valence-electron chi connectivity index (χ1n) is 8.78. The predicted molar refractivity (Wildman–Crippen MR) is 96.3 cm³/mol. The number of hydrogen-bond donors (Lipinski definition) is 1. The van der Waals surface area contributed by atoms with Crippen LogP contribution in [-0.4, -0.2) is 41.5 Å². The maximum Gasteiger partial charge on any atom is 0.226 e. The molecular weight excluding hydrogens is 338 g/mol. The minimum atomic E-state index is 0.0157. The highest BCUT2D eigenvalue weighted by Crippen LogP contribution is 2.34. The van der Waals surface area contributed by atoms with Gasteiger partial charge < -0.3 is 14.6 Å². The summed E-state index contributed by atoms with van der Waals surface area (Å²) >= 11 is 5.90. The van der Waals surface area contributed by atoms with Crippen molar-refractivity contribution in [3.8, 4) is 11.5 Å². The number of hydrogen-bond acceptors (Lipinski definition) is 4. The summed E-state index contributed by atoms with van der Waals surface area (Å²) in [6.07, 6.45) is 5.36. The third-order valence-corrected chi connectivity index (χ3v) is 5.62. The van der Waals surface area contributed by atoms with Gasteiger partial charge in [-0.05, 0) is 56.5 Å². The summed E-state index contributed by atoms with van der Waals surface area (Å²) in [7, 11) is 2.16. The van der Waals surface area contributed by atoms with Gasteiger partial charge in [-0.3, -0.25) is 4.79 Å². The number of carbonyl (C=O) groups is 1. The second-order valence-corrected chi connectivity index (χ2v) is 7.62. The summed E-state index contributed by atoms with van der Waals surface area (Å²) < 4.78 is 5.51. The molecule has 1 amide bonds. The van der Waals surface area contributed by atoms with Gasteiger partial charge in [0.2, 0.25) is 11.8 Å². The van der Waals surface area contributed by atoms with Crippen LogP contribution in [0.1, 0.15) is 25.0 Å². The van der Waals surface area contributed by atoms with E-state index in [0.717, 1.165) is 18.5 Å². The van der Waals surface area contributed by atoms with Crippen LogP contribution >= 0.6 is 11.6 Å². The molecule has 5 nitrogen and oxygen atoms in total. The molecule has 3 heterocycles. The highest BCUT2D eigenvalue weighted by Gasteiger charge is 2.39. The second kappa shape index (κ2) is 6.81. The van der Waals surface area contributed by atoms with Gasteiger partial charge in [0.05, 0.1) is 12.1 Å². The van der Waals surface area contributed by atoms with E-state index in [9.17, 15) is 4.79 Å². The number of benzene rings is 1. The van der Waals surface area contributed by atoms with Crippen LogP contribution < -0.4 is 5.32 Å². The molecule has 132 valence electrons. The van der Waals surface area contributed by atoms with Crippen molar-refractivity contribution in [2.24, 2.45) is 5.92 Å². The van der Waals surface area contributed by atoms with E-state index in [4.69, 9.17) is 16.0 Å². The number of aromatic nitrogens is 1. The van der Waals surface area contributed by atoms with Crippen LogP contribution in [0.25, 0.3) is 11.5 Å². The van der Waals surface area contributed by atoms with E-state index in [1.807, 2.05) is 12.1 Å². The summed E-state index contributed by atoms with van der Waals surface area (Å²) in [4.78, 5) is 19.2. The molecule has 1 aliphatic carbocycles. The van der Waals surface area contributed by atoms with E-state index in [1.165, 1.54) is 12.8 Å². The molecular formula is C19H22ClN3O2. The molecule has 2 aromatic rings. The monoisotopic (exact) mass is 359 g/mol. The van der Waals surface area contributed by atoms with Crippen molar-refractivity contribution >= 4 is 17.5 Å². The molecule has 0 radical (unpaired) electrons. The number of piperidine rings is 2. The average Bonchev–Trinajstić information content (AvgIpc) is 3.04. The maximum atomic E-state index is 12.4. The lowest BCUT2D eigenvalue weighted by molar-refractivity contribution is -0.122. The van der Waals surface area contributed by atoms with E-state index in [-0.39, 0.29) is 18.4 Å². The zero-order chi connectivity index (χ0) is 17.4. The van der Waals surface area contributed by atoms with E-state index < -0.39 is 0 Å². The zero-order valence-electron chi connectivity index (χ0n) is 14.2. The van der Waals surface area contributed by atoms with Crippen molar-refractivity contribution < 1.29 is 9.21 Å². The van der Waals surface area contributed by atoms with Crippen LogP contribution in [0.3, 0.4) is 0 Å².